The molecule has 0 aromatic heterocycles. The Labute approximate surface area is 125 Å². The van der Waals surface area contributed by atoms with Crippen molar-refractivity contribution in [3.8, 4) is 0 Å². The molecule has 0 saturated carbocycles. The summed E-state index contributed by atoms with van der Waals surface area (Å²) >= 11 is 5.90. The van der Waals surface area contributed by atoms with E-state index in [2.05, 4.69) is 4.90 Å². The van der Waals surface area contributed by atoms with Crippen LogP contribution in [-0.4, -0.2) is 43.5 Å². The summed E-state index contributed by atoms with van der Waals surface area (Å²) in [6, 6.07) is 7.85. The van der Waals surface area contributed by atoms with Crippen LogP contribution >= 0.6 is 11.6 Å². The molecule has 0 spiro atoms. The number of nitrogens with two attached hydrogens (primary N) is 1. The number of piperazine rings is 1. The van der Waals surface area contributed by atoms with Crippen LogP contribution in [0.4, 0.5) is 5.69 Å². The van der Waals surface area contributed by atoms with Crippen LogP contribution in [-0.2, 0) is 4.79 Å². The first-order chi connectivity index (χ1) is 9.61. The van der Waals surface area contributed by atoms with Crippen molar-refractivity contribution in [2.24, 2.45) is 11.7 Å². The van der Waals surface area contributed by atoms with E-state index in [0.717, 1.165) is 43.3 Å². The molecule has 1 heterocycles. The third kappa shape index (κ3) is 3.64. The Morgan fingerprint density at radius 3 is 2.40 bits per heavy atom. The minimum Gasteiger partial charge on any atom is -0.368 e. The molecular weight excluding hydrogens is 274 g/mol. The van der Waals surface area contributed by atoms with Gasteiger partial charge in [-0.05, 0) is 37.2 Å². The molecule has 20 heavy (non-hydrogen) atoms. The first-order valence-electron chi connectivity index (χ1n) is 7.11. The highest BCUT2D eigenvalue weighted by atomic mass is 35.5. The van der Waals surface area contributed by atoms with Crippen molar-refractivity contribution in [1.29, 1.82) is 0 Å². The molecule has 1 aliphatic rings. The molecule has 1 saturated heterocycles. The molecule has 1 aromatic rings. The van der Waals surface area contributed by atoms with Crippen molar-refractivity contribution in [3.05, 3.63) is 29.3 Å². The number of carbonyl (C=O) groups is 1. The van der Waals surface area contributed by atoms with Gasteiger partial charge in [0.2, 0.25) is 5.91 Å². The molecule has 1 atom stereocenters. The van der Waals surface area contributed by atoms with E-state index in [9.17, 15) is 4.79 Å². The Balaban J connectivity index is 1.89. The summed E-state index contributed by atoms with van der Waals surface area (Å²) in [5.74, 6) is 0.258. The van der Waals surface area contributed by atoms with Gasteiger partial charge in [0.05, 0.1) is 0 Å². The number of amides is 1. The number of halogens is 1. The Hall–Kier alpha value is -1.26. The Morgan fingerprint density at radius 2 is 1.85 bits per heavy atom. The lowest BCUT2D eigenvalue weighted by Crippen LogP contribution is -2.50. The number of hydrogen-bond donors (Lipinski definition) is 1. The normalized spacial score (nSPS) is 17.1. The predicted molar refractivity (Wildman–Crippen MR) is 83.1 cm³/mol. The van der Waals surface area contributed by atoms with E-state index in [-0.39, 0.29) is 11.8 Å². The van der Waals surface area contributed by atoms with E-state index in [1.165, 1.54) is 0 Å². The number of carbonyl (C=O) groups excluding carboxylic acids is 1. The zero-order valence-corrected chi connectivity index (χ0v) is 12.6. The topological polar surface area (TPSA) is 49.6 Å². The molecule has 0 radical (unpaired) electrons. The Bertz CT molecular complexity index is 441. The summed E-state index contributed by atoms with van der Waals surface area (Å²) in [6.45, 7) is 5.80. The highest BCUT2D eigenvalue weighted by Crippen LogP contribution is 2.20. The van der Waals surface area contributed by atoms with E-state index >= 15 is 0 Å². The highest BCUT2D eigenvalue weighted by Gasteiger charge is 2.24. The molecule has 0 bridgehead atoms. The summed E-state index contributed by atoms with van der Waals surface area (Å²) in [4.78, 5) is 16.4. The summed E-state index contributed by atoms with van der Waals surface area (Å²) in [7, 11) is 0. The van der Waals surface area contributed by atoms with Crippen LogP contribution in [0.15, 0.2) is 24.3 Å². The number of hydrogen-bond acceptors (Lipinski definition) is 3. The monoisotopic (exact) mass is 295 g/mol. The van der Waals surface area contributed by atoms with E-state index < -0.39 is 0 Å². The first kappa shape index (κ1) is 15.1. The molecule has 1 fully saturated rings. The van der Waals surface area contributed by atoms with Crippen LogP contribution in [0.3, 0.4) is 0 Å². The minimum absolute atomic E-state index is 0.0297. The number of nitrogens with zero attached hydrogens (tertiary/aromatic N) is 2. The van der Waals surface area contributed by atoms with Crippen LogP contribution < -0.4 is 10.6 Å². The van der Waals surface area contributed by atoms with Gasteiger partial charge in [0.15, 0.2) is 0 Å². The lowest BCUT2D eigenvalue weighted by Gasteiger charge is -2.37. The average Bonchev–Trinajstić information content (AvgIpc) is 2.48. The first-order valence-corrected chi connectivity index (χ1v) is 7.49. The Morgan fingerprint density at radius 1 is 1.25 bits per heavy atom. The molecule has 1 aromatic carbocycles. The molecule has 2 rings (SSSR count). The molecule has 1 amide bonds. The minimum atomic E-state index is 0.0297. The predicted octanol–water partition coefficient (Wildman–Crippen LogP) is 1.97. The van der Waals surface area contributed by atoms with Gasteiger partial charge in [0, 0.05) is 42.8 Å². The second-order valence-electron chi connectivity index (χ2n) is 5.27. The van der Waals surface area contributed by atoms with E-state index in [1.54, 1.807) is 0 Å². The van der Waals surface area contributed by atoms with Gasteiger partial charge in [-0.3, -0.25) is 4.79 Å². The van der Waals surface area contributed by atoms with Crippen molar-refractivity contribution in [2.45, 2.75) is 13.3 Å². The molecule has 1 aliphatic heterocycles. The molecular formula is C15H22ClN3O. The lowest BCUT2D eigenvalue weighted by atomic mass is 10.1. The zero-order valence-electron chi connectivity index (χ0n) is 11.9. The fraction of sp³-hybridized carbons (Fsp3) is 0.533. The van der Waals surface area contributed by atoms with Crippen LogP contribution in [0.25, 0.3) is 0 Å². The third-order valence-electron chi connectivity index (χ3n) is 3.80. The van der Waals surface area contributed by atoms with Crippen molar-refractivity contribution >= 4 is 23.2 Å². The van der Waals surface area contributed by atoms with E-state index in [0.29, 0.717) is 6.54 Å². The van der Waals surface area contributed by atoms with Crippen molar-refractivity contribution in [1.82, 2.24) is 4.90 Å². The van der Waals surface area contributed by atoms with Gasteiger partial charge in [-0.1, -0.05) is 18.5 Å². The van der Waals surface area contributed by atoms with Gasteiger partial charge in [0.1, 0.15) is 0 Å². The molecule has 1 unspecified atom stereocenters. The van der Waals surface area contributed by atoms with Crippen LogP contribution in [0.2, 0.25) is 5.02 Å². The highest BCUT2D eigenvalue weighted by molar-refractivity contribution is 6.30. The van der Waals surface area contributed by atoms with Gasteiger partial charge >= 0.3 is 0 Å². The van der Waals surface area contributed by atoms with Gasteiger partial charge in [-0.2, -0.15) is 0 Å². The number of anilines is 1. The maximum Gasteiger partial charge on any atom is 0.225 e. The van der Waals surface area contributed by atoms with Crippen molar-refractivity contribution in [2.75, 3.05) is 37.6 Å². The second-order valence-corrected chi connectivity index (χ2v) is 5.70. The standard InChI is InChI=1S/C15H22ClN3O/c1-12(6-7-17)15(20)19-10-8-18(9-11-19)14-4-2-13(16)3-5-14/h2-5,12H,6-11,17H2,1H3. The lowest BCUT2D eigenvalue weighted by molar-refractivity contribution is -0.135. The van der Waals surface area contributed by atoms with Gasteiger partial charge in [-0.25, -0.2) is 0 Å². The van der Waals surface area contributed by atoms with E-state index in [1.807, 2.05) is 36.1 Å². The average molecular weight is 296 g/mol. The maximum atomic E-state index is 12.2. The second kappa shape index (κ2) is 6.95. The Kier molecular flexibility index (Phi) is 5.26. The van der Waals surface area contributed by atoms with Gasteiger partial charge in [0.25, 0.3) is 0 Å². The van der Waals surface area contributed by atoms with Crippen molar-refractivity contribution in [3.63, 3.8) is 0 Å². The van der Waals surface area contributed by atoms with Gasteiger partial charge in [-0.15, -0.1) is 0 Å². The summed E-state index contributed by atoms with van der Waals surface area (Å²) in [5, 5.41) is 0.748. The molecule has 5 heteroatoms. The fourth-order valence-corrected chi connectivity index (χ4v) is 2.65. The SMILES string of the molecule is CC(CCN)C(=O)N1CCN(c2ccc(Cl)cc2)CC1. The molecule has 2 N–H and O–H groups in total. The summed E-state index contributed by atoms with van der Waals surface area (Å²) in [5.41, 5.74) is 6.68. The number of rotatable bonds is 4. The summed E-state index contributed by atoms with van der Waals surface area (Å²) in [6.07, 6.45) is 0.760. The smallest absolute Gasteiger partial charge is 0.225 e. The van der Waals surface area contributed by atoms with Crippen molar-refractivity contribution < 1.29 is 4.79 Å². The quantitative estimate of drug-likeness (QED) is 0.924. The van der Waals surface area contributed by atoms with E-state index in [4.69, 9.17) is 17.3 Å². The third-order valence-corrected chi connectivity index (χ3v) is 4.06. The molecule has 0 aliphatic carbocycles. The zero-order chi connectivity index (χ0) is 14.5. The van der Waals surface area contributed by atoms with Crippen LogP contribution in [0.5, 0.6) is 0 Å². The largest absolute Gasteiger partial charge is 0.368 e. The fourth-order valence-electron chi connectivity index (χ4n) is 2.52. The van der Waals surface area contributed by atoms with Crippen LogP contribution in [0, 0.1) is 5.92 Å². The molecule has 4 nitrogen and oxygen atoms in total. The maximum absolute atomic E-state index is 12.2. The summed E-state index contributed by atoms with van der Waals surface area (Å²) < 4.78 is 0. The molecule has 110 valence electrons. The number of benzene rings is 1. The van der Waals surface area contributed by atoms with Gasteiger partial charge < -0.3 is 15.5 Å². The van der Waals surface area contributed by atoms with Crippen LogP contribution in [0.1, 0.15) is 13.3 Å².